The summed E-state index contributed by atoms with van der Waals surface area (Å²) in [5, 5.41) is 31.8. The maximum Gasteiger partial charge on any atom is 0.334 e. The van der Waals surface area contributed by atoms with Crippen LogP contribution in [0.4, 0.5) is 4.39 Å². The van der Waals surface area contributed by atoms with Gasteiger partial charge in [0.15, 0.2) is 6.10 Å². The molecule has 0 unspecified atom stereocenters. The molecule has 5 rings (SSSR count). The molecule has 1 fully saturated rings. The van der Waals surface area contributed by atoms with Crippen molar-refractivity contribution in [2.75, 3.05) is 33.3 Å². The molecule has 3 N–H and O–H groups in total. The topological polar surface area (TPSA) is 93.5 Å². The van der Waals surface area contributed by atoms with Crippen molar-refractivity contribution in [3.8, 4) is 11.5 Å². The Labute approximate surface area is 269 Å². The van der Waals surface area contributed by atoms with Crippen LogP contribution < -0.4 is 4.74 Å². The number of aliphatic hydroxyl groups excluding tert-OH is 2. The third-order valence-electron chi connectivity index (χ3n) is 8.27. The summed E-state index contributed by atoms with van der Waals surface area (Å²) in [5.74, 6) is 0.670. The van der Waals surface area contributed by atoms with E-state index in [1.54, 1.807) is 7.11 Å². The molecule has 0 aromatic heterocycles. The summed E-state index contributed by atoms with van der Waals surface area (Å²) in [4.78, 5) is 15.1. The van der Waals surface area contributed by atoms with Crippen molar-refractivity contribution < 1.29 is 29.2 Å². The highest BCUT2D eigenvalue weighted by Crippen LogP contribution is 2.35. The minimum atomic E-state index is -1.80. The number of hydrogen-bond donors (Lipinski definition) is 3. The zero-order chi connectivity index (χ0) is 32.3. The average molecular weight is 637 g/mol. The van der Waals surface area contributed by atoms with Gasteiger partial charge in [-0.2, -0.15) is 4.39 Å². The predicted molar refractivity (Wildman–Crippen MR) is 176 cm³/mol. The minimum Gasteiger partial charge on any atom is -0.508 e. The van der Waals surface area contributed by atoms with Gasteiger partial charge in [0.1, 0.15) is 11.5 Å². The molecule has 0 bridgehead atoms. The van der Waals surface area contributed by atoms with Gasteiger partial charge in [-0.05, 0) is 52.8 Å². The van der Waals surface area contributed by atoms with Gasteiger partial charge in [0.25, 0.3) is 0 Å². The van der Waals surface area contributed by atoms with Crippen LogP contribution in [0.1, 0.15) is 55.1 Å². The number of unbranched alkanes of at least 4 members (excludes halogenated alkanes) is 1. The van der Waals surface area contributed by atoms with Gasteiger partial charge >= 0.3 is 6.04 Å². The van der Waals surface area contributed by atoms with Crippen LogP contribution in [0.15, 0.2) is 84.9 Å². The Kier molecular flexibility index (Phi) is 12.7. The minimum absolute atomic E-state index is 0.00254. The summed E-state index contributed by atoms with van der Waals surface area (Å²) >= 11 is 6.50. The third-order valence-corrected chi connectivity index (χ3v) is 8.66. The van der Waals surface area contributed by atoms with Gasteiger partial charge < -0.3 is 20.1 Å². The molecule has 0 amide bonds. The van der Waals surface area contributed by atoms with Crippen molar-refractivity contribution >= 4 is 28.4 Å². The van der Waals surface area contributed by atoms with Gasteiger partial charge in [-0.15, -0.1) is 0 Å². The summed E-state index contributed by atoms with van der Waals surface area (Å²) in [6.45, 7) is 7.22. The zero-order valence-corrected chi connectivity index (χ0v) is 26.5. The molecule has 1 heterocycles. The van der Waals surface area contributed by atoms with E-state index in [1.165, 1.54) is 29.8 Å². The number of carbonyl (C=O) groups excluding carboxylic acids is 1. The van der Waals surface area contributed by atoms with Crippen molar-refractivity contribution in [2.24, 2.45) is 0 Å². The SMILES string of the molecule is CCCC[C@@H]([C@@H](O)c1ccc2c(Cl)c(OC)ccc2c1)N1CCN(Cc2ccccc2)CC1.O=C(F)[C@H](O)c1ccc(O)cc1. The first kappa shape index (κ1) is 34.3. The maximum absolute atomic E-state index is 11.9. The first-order valence-corrected chi connectivity index (χ1v) is 15.7. The van der Waals surface area contributed by atoms with Gasteiger partial charge in [0.05, 0.1) is 18.2 Å². The quantitative estimate of drug-likeness (QED) is 0.155. The summed E-state index contributed by atoms with van der Waals surface area (Å²) in [5.41, 5.74) is 2.44. The number of fused-ring (bicyclic) bond motifs is 1. The van der Waals surface area contributed by atoms with Crippen LogP contribution in [-0.2, 0) is 11.3 Å². The predicted octanol–water partition coefficient (Wildman–Crippen LogP) is 6.83. The van der Waals surface area contributed by atoms with Gasteiger partial charge in [0.2, 0.25) is 0 Å². The number of nitrogens with zero attached hydrogens (tertiary/aromatic N) is 2. The summed E-state index contributed by atoms with van der Waals surface area (Å²) < 4.78 is 17.3. The molecule has 1 aliphatic rings. The number of piperazine rings is 1. The van der Waals surface area contributed by atoms with Crippen molar-refractivity contribution in [2.45, 2.75) is 51.0 Å². The van der Waals surface area contributed by atoms with Crippen molar-refractivity contribution in [3.63, 3.8) is 0 Å². The molecule has 4 aromatic rings. The highest BCUT2D eigenvalue weighted by Gasteiger charge is 2.30. The van der Waals surface area contributed by atoms with Crippen LogP contribution in [0.25, 0.3) is 10.8 Å². The highest BCUT2D eigenvalue weighted by atomic mass is 35.5. The molecule has 0 radical (unpaired) electrons. The lowest BCUT2D eigenvalue weighted by atomic mass is 9.94. The highest BCUT2D eigenvalue weighted by molar-refractivity contribution is 6.37. The van der Waals surface area contributed by atoms with Gasteiger partial charge in [0, 0.05) is 44.2 Å². The molecular formula is C36H42ClFN2O5. The normalized spacial score (nSPS) is 16.0. The number of benzene rings is 4. The Hall–Kier alpha value is -3.53. The Morgan fingerprint density at radius 3 is 2.22 bits per heavy atom. The van der Waals surface area contributed by atoms with Crippen molar-refractivity contribution in [1.29, 1.82) is 0 Å². The fourth-order valence-electron chi connectivity index (χ4n) is 5.69. The van der Waals surface area contributed by atoms with E-state index in [0.29, 0.717) is 10.8 Å². The average Bonchev–Trinajstić information content (AvgIpc) is 3.06. The van der Waals surface area contributed by atoms with Crippen LogP contribution >= 0.6 is 11.6 Å². The number of rotatable bonds is 11. The van der Waals surface area contributed by atoms with Crippen LogP contribution in [-0.4, -0.2) is 70.5 Å². The van der Waals surface area contributed by atoms with E-state index >= 15 is 0 Å². The van der Waals surface area contributed by atoms with E-state index in [-0.39, 0.29) is 17.4 Å². The number of phenols is 1. The van der Waals surface area contributed by atoms with Gasteiger partial charge in [-0.25, -0.2) is 0 Å². The van der Waals surface area contributed by atoms with Crippen LogP contribution in [0.3, 0.4) is 0 Å². The van der Waals surface area contributed by atoms with Crippen molar-refractivity contribution in [3.05, 3.63) is 107 Å². The van der Waals surface area contributed by atoms with Crippen LogP contribution in [0.2, 0.25) is 5.02 Å². The summed E-state index contributed by atoms with van der Waals surface area (Å²) in [6.07, 6.45) is 0.970. The number of phenolic OH excluding ortho intramolecular Hbond substituents is 1. The molecule has 9 heteroatoms. The molecule has 0 aliphatic carbocycles. The molecule has 4 aromatic carbocycles. The van der Waals surface area contributed by atoms with E-state index < -0.39 is 18.2 Å². The Morgan fingerprint density at radius 2 is 1.60 bits per heavy atom. The molecule has 7 nitrogen and oxygen atoms in total. The van der Waals surface area contributed by atoms with E-state index in [1.807, 2.05) is 24.3 Å². The second-order valence-corrected chi connectivity index (χ2v) is 11.7. The van der Waals surface area contributed by atoms with Gasteiger partial charge in [-0.3, -0.25) is 14.6 Å². The van der Waals surface area contributed by atoms with Crippen LogP contribution in [0, 0.1) is 0 Å². The molecule has 1 aliphatic heterocycles. The number of carbonyl (C=O) groups is 1. The van der Waals surface area contributed by atoms with Gasteiger partial charge in [-0.1, -0.05) is 92.0 Å². The lowest BCUT2D eigenvalue weighted by Crippen LogP contribution is -2.51. The standard InChI is InChI=1S/C28H35ClN2O2.C8H7FO3/c1-3-4-10-25(31-17-15-30(16-18-31)20-21-8-6-5-7-9-21)28(32)23-11-13-24-22(19-23)12-14-26(33-2)27(24)29;9-8(12)7(11)5-1-3-6(10)4-2-5/h5-9,11-14,19,25,28,32H,3-4,10,15-18,20H2,1-2H3;1-4,7,10-11H/t25-,28-;7-/m01/s1. The number of halogens is 2. The van der Waals surface area contributed by atoms with Crippen LogP contribution in [0.5, 0.6) is 11.5 Å². The fourth-order valence-corrected chi connectivity index (χ4v) is 6.00. The number of aliphatic hydroxyl groups is 2. The number of ether oxygens (including phenoxy) is 1. The van der Waals surface area contributed by atoms with E-state index in [9.17, 15) is 14.3 Å². The molecule has 240 valence electrons. The second kappa shape index (κ2) is 16.7. The Balaban J connectivity index is 0.000000323. The Bertz CT molecular complexity index is 1510. The van der Waals surface area contributed by atoms with E-state index in [2.05, 4.69) is 53.1 Å². The lowest BCUT2D eigenvalue weighted by molar-refractivity contribution is -0.138. The fraction of sp³-hybridized carbons (Fsp3) is 0.361. The number of aromatic hydroxyl groups is 1. The maximum atomic E-state index is 11.9. The summed E-state index contributed by atoms with van der Waals surface area (Å²) in [6, 6.07) is 24.1. The van der Waals surface area contributed by atoms with E-state index in [4.69, 9.17) is 26.6 Å². The molecule has 0 spiro atoms. The number of methoxy groups -OCH3 is 1. The molecule has 1 saturated heterocycles. The monoisotopic (exact) mass is 636 g/mol. The molecular weight excluding hydrogens is 595 g/mol. The Morgan fingerprint density at radius 1 is 0.933 bits per heavy atom. The first-order chi connectivity index (χ1) is 21.7. The second-order valence-electron chi connectivity index (χ2n) is 11.3. The zero-order valence-electron chi connectivity index (χ0n) is 25.8. The largest absolute Gasteiger partial charge is 0.508 e. The first-order valence-electron chi connectivity index (χ1n) is 15.3. The van der Waals surface area contributed by atoms with Crippen molar-refractivity contribution in [1.82, 2.24) is 9.80 Å². The summed E-state index contributed by atoms with van der Waals surface area (Å²) in [7, 11) is 1.63. The van der Waals surface area contributed by atoms with E-state index in [0.717, 1.165) is 68.3 Å². The smallest absolute Gasteiger partial charge is 0.334 e. The lowest BCUT2D eigenvalue weighted by Gasteiger charge is -2.41. The molecule has 0 saturated carbocycles. The molecule has 45 heavy (non-hydrogen) atoms. The number of hydrogen-bond acceptors (Lipinski definition) is 7. The third kappa shape index (κ3) is 9.25. The molecule has 3 atom stereocenters.